The summed E-state index contributed by atoms with van der Waals surface area (Å²) >= 11 is 3.49. The highest BCUT2D eigenvalue weighted by atomic mass is 79.9. The number of rotatable bonds is 5. The molecule has 0 aromatic heterocycles. The zero-order valence-corrected chi connectivity index (χ0v) is 12.7. The van der Waals surface area contributed by atoms with E-state index in [1.54, 1.807) is 25.3 Å². The Morgan fingerprint density at radius 3 is 2.70 bits per heavy atom. The van der Waals surface area contributed by atoms with Gasteiger partial charge >= 0.3 is 0 Å². The van der Waals surface area contributed by atoms with Gasteiger partial charge in [-0.25, -0.2) is 4.39 Å². The minimum Gasteiger partial charge on any atom is -0.497 e. The first-order valence-electron chi connectivity index (χ1n) is 6.20. The Bertz CT molecular complexity index is 592. The number of para-hydroxylation sites is 1. The molecule has 0 aliphatic carbocycles. The summed E-state index contributed by atoms with van der Waals surface area (Å²) in [4.78, 5) is 0. The molecule has 0 radical (unpaired) electrons. The standard InChI is InChI=1S/C15H16BrFN2O/c1-20-10-6-7-12(16)11(8-10)15(9-18)19-14-5-3-2-4-13(14)17/h2-8,15,19H,9,18H2,1H3. The Morgan fingerprint density at radius 1 is 1.30 bits per heavy atom. The van der Waals surface area contributed by atoms with Crippen LogP contribution in [0.1, 0.15) is 11.6 Å². The lowest BCUT2D eigenvalue weighted by atomic mass is 10.1. The van der Waals surface area contributed by atoms with Gasteiger partial charge in [-0.2, -0.15) is 0 Å². The second kappa shape index (κ2) is 6.72. The summed E-state index contributed by atoms with van der Waals surface area (Å²) in [6.07, 6.45) is 0. The lowest BCUT2D eigenvalue weighted by Crippen LogP contribution is -2.21. The minimum absolute atomic E-state index is 0.212. The summed E-state index contributed by atoms with van der Waals surface area (Å²) in [5.41, 5.74) is 7.17. The Hall–Kier alpha value is -1.59. The van der Waals surface area contributed by atoms with Crippen LogP contribution in [0.25, 0.3) is 0 Å². The number of hydrogen-bond donors (Lipinski definition) is 2. The average molecular weight is 339 g/mol. The van der Waals surface area contributed by atoms with E-state index in [1.807, 2.05) is 18.2 Å². The molecule has 2 aromatic carbocycles. The number of benzene rings is 2. The molecule has 1 atom stereocenters. The Kier molecular flexibility index (Phi) is 4.98. The van der Waals surface area contributed by atoms with Crippen LogP contribution in [0.3, 0.4) is 0 Å². The minimum atomic E-state index is -0.301. The van der Waals surface area contributed by atoms with E-state index in [1.165, 1.54) is 6.07 Å². The molecular weight excluding hydrogens is 323 g/mol. The van der Waals surface area contributed by atoms with E-state index in [0.717, 1.165) is 15.8 Å². The van der Waals surface area contributed by atoms with E-state index in [0.29, 0.717) is 12.2 Å². The summed E-state index contributed by atoms with van der Waals surface area (Å²) < 4.78 is 19.8. The Balaban J connectivity index is 2.31. The van der Waals surface area contributed by atoms with Gasteiger partial charge in [0.2, 0.25) is 0 Å². The molecule has 20 heavy (non-hydrogen) atoms. The number of ether oxygens (including phenoxy) is 1. The van der Waals surface area contributed by atoms with Gasteiger partial charge in [-0.3, -0.25) is 0 Å². The van der Waals surface area contributed by atoms with Crippen molar-refractivity contribution >= 4 is 21.6 Å². The third-order valence-electron chi connectivity index (χ3n) is 3.02. The van der Waals surface area contributed by atoms with Crippen molar-refractivity contribution in [3.05, 3.63) is 58.3 Å². The molecule has 3 N–H and O–H groups in total. The van der Waals surface area contributed by atoms with Crippen LogP contribution in [0.15, 0.2) is 46.9 Å². The van der Waals surface area contributed by atoms with Crippen LogP contribution >= 0.6 is 15.9 Å². The normalized spacial score (nSPS) is 12.0. The maximum absolute atomic E-state index is 13.7. The molecule has 2 rings (SSSR count). The van der Waals surface area contributed by atoms with Crippen molar-refractivity contribution in [2.75, 3.05) is 19.0 Å². The number of anilines is 1. The number of nitrogens with one attached hydrogen (secondary N) is 1. The van der Waals surface area contributed by atoms with Gasteiger partial charge in [0.05, 0.1) is 18.8 Å². The highest BCUT2D eigenvalue weighted by molar-refractivity contribution is 9.10. The van der Waals surface area contributed by atoms with Crippen LogP contribution in [0, 0.1) is 5.82 Å². The first kappa shape index (κ1) is 14.8. The van der Waals surface area contributed by atoms with Gasteiger partial charge in [0, 0.05) is 11.0 Å². The topological polar surface area (TPSA) is 47.3 Å². The lowest BCUT2D eigenvalue weighted by Gasteiger charge is -2.21. The Labute approximate surface area is 126 Å². The highest BCUT2D eigenvalue weighted by Gasteiger charge is 2.15. The molecule has 0 fully saturated rings. The number of hydrogen-bond acceptors (Lipinski definition) is 3. The highest BCUT2D eigenvalue weighted by Crippen LogP contribution is 2.30. The molecule has 0 saturated carbocycles. The van der Waals surface area contributed by atoms with Gasteiger partial charge in [0.25, 0.3) is 0 Å². The van der Waals surface area contributed by atoms with Crippen LogP contribution in [0.5, 0.6) is 5.75 Å². The van der Waals surface area contributed by atoms with E-state index < -0.39 is 0 Å². The van der Waals surface area contributed by atoms with Gasteiger partial charge in [0.1, 0.15) is 11.6 Å². The zero-order chi connectivity index (χ0) is 14.5. The van der Waals surface area contributed by atoms with E-state index in [2.05, 4.69) is 21.2 Å². The largest absolute Gasteiger partial charge is 0.497 e. The maximum Gasteiger partial charge on any atom is 0.146 e. The molecule has 0 spiro atoms. The van der Waals surface area contributed by atoms with E-state index in [4.69, 9.17) is 10.5 Å². The van der Waals surface area contributed by atoms with Crippen molar-refractivity contribution in [2.45, 2.75) is 6.04 Å². The monoisotopic (exact) mass is 338 g/mol. The molecule has 106 valence electrons. The van der Waals surface area contributed by atoms with Crippen molar-refractivity contribution in [2.24, 2.45) is 5.73 Å². The maximum atomic E-state index is 13.7. The van der Waals surface area contributed by atoms with Crippen LogP contribution in [-0.4, -0.2) is 13.7 Å². The van der Waals surface area contributed by atoms with Crippen molar-refractivity contribution in [3.8, 4) is 5.75 Å². The summed E-state index contributed by atoms with van der Waals surface area (Å²) in [7, 11) is 1.61. The number of halogens is 2. The van der Waals surface area contributed by atoms with Crippen molar-refractivity contribution < 1.29 is 9.13 Å². The van der Waals surface area contributed by atoms with Crippen molar-refractivity contribution in [3.63, 3.8) is 0 Å². The molecule has 1 unspecified atom stereocenters. The fourth-order valence-corrected chi connectivity index (χ4v) is 2.47. The third kappa shape index (κ3) is 3.29. The quantitative estimate of drug-likeness (QED) is 0.873. The van der Waals surface area contributed by atoms with Gasteiger partial charge in [-0.15, -0.1) is 0 Å². The molecule has 0 aliphatic rings. The van der Waals surface area contributed by atoms with Crippen LogP contribution in [-0.2, 0) is 0 Å². The van der Waals surface area contributed by atoms with Gasteiger partial charge < -0.3 is 15.8 Å². The molecule has 0 saturated heterocycles. The molecule has 0 aliphatic heterocycles. The lowest BCUT2D eigenvalue weighted by molar-refractivity contribution is 0.414. The van der Waals surface area contributed by atoms with Crippen LogP contribution < -0.4 is 15.8 Å². The zero-order valence-electron chi connectivity index (χ0n) is 11.1. The summed E-state index contributed by atoms with van der Waals surface area (Å²) in [6.45, 7) is 0.333. The second-order valence-electron chi connectivity index (χ2n) is 4.30. The van der Waals surface area contributed by atoms with Crippen LogP contribution in [0.2, 0.25) is 0 Å². The van der Waals surface area contributed by atoms with Gasteiger partial charge in [-0.05, 0) is 35.9 Å². The fourth-order valence-electron chi connectivity index (χ4n) is 1.95. The van der Waals surface area contributed by atoms with Crippen LogP contribution in [0.4, 0.5) is 10.1 Å². The van der Waals surface area contributed by atoms with Gasteiger partial charge in [-0.1, -0.05) is 28.1 Å². The predicted molar refractivity (Wildman–Crippen MR) is 82.5 cm³/mol. The Morgan fingerprint density at radius 2 is 2.05 bits per heavy atom. The SMILES string of the molecule is COc1ccc(Br)c(C(CN)Nc2ccccc2F)c1. The first-order chi connectivity index (χ1) is 9.65. The smallest absolute Gasteiger partial charge is 0.146 e. The first-order valence-corrected chi connectivity index (χ1v) is 6.99. The van der Waals surface area contributed by atoms with E-state index in [-0.39, 0.29) is 11.9 Å². The molecule has 0 bridgehead atoms. The summed E-state index contributed by atoms with van der Waals surface area (Å²) in [5.74, 6) is 0.432. The van der Waals surface area contributed by atoms with E-state index in [9.17, 15) is 4.39 Å². The van der Waals surface area contributed by atoms with Crippen molar-refractivity contribution in [1.82, 2.24) is 0 Å². The summed E-state index contributed by atoms with van der Waals surface area (Å²) in [6, 6.07) is 11.9. The fraction of sp³-hybridized carbons (Fsp3) is 0.200. The van der Waals surface area contributed by atoms with Crippen molar-refractivity contribution in [1.29, 1.82) is 0 Å². The average Bonchev–Trinajstić information content (AvgIpc) is 2.47. The molecule has 3 nitrogen and oxygen atoms in total. The predicted octanol–water partition coefficient (Wildman–Crippen LogP) is 3.71. The second-order valence-corrected chi connectivity index (χ2v) is 5.15. The number of nitrogens with two attached hydrogens (primary N) is 1. The third-order valence-corrected chi connectivity index (χ3v) is 3.74. The molecule has 0 amide bonds. The molecular formula is C15H16BrFN2O. The molecule has 5 heteroatoms. The molecule has 2 aromatic rings. The summed E-state index contributed by atoms with van der Waals surface area (Å²) in [5, 5.41) is 3.12. The van der Waals surface area contributed by atoms with E-state index >= 15 is 0 Å². The number of methoxy groups -OCH3 is 1. The van der Waals surface area contributed by atoms with Gasteiger partial charge in [0.15, 0.2) is 0 Å². The molecule has 0 heterocycles.